The highest BCUT2D eigenvalue weighted by Gasteiger charge is 2.27. The lowest BCUT2D eigenvalue weighted by atomic mass is 10.1. The average molecular weight is 275 g/mol. The third-order valence-corrected chi connectivity index (χ3v) is 3.42. The molecule has 0 saturated carbocycles. The number of hydrogen-bond donors (Lipinski definition) is 2. The van der Waals surface area contributed by atoms with E-state index in [0.29, 0.717) is 5.56 Å². The van der Waals surface area contributed by atoms with Crippen molar-refractivity contribution in [2.75, 3.05) is 26.2 Å². The summed E-state index contributed by atoms with van der Waals surface area (Å²) in [6.07, 6.45) is 0.925. The molecule has 2 amide bonds. The predicted molar refractivity (Wildman–Crippen MR) is 77.4 cm³/mol. The van der Waals surface area contributed by atoms with Crippen LogP contribution in [0.1, 0.15) is 23.7 Å². The Morgan fingerprint density at radius 1 is 1.30 bits per heavy atom. The summed E-state index contributed by atoms with van der Waals surface area (Å²) in [6.45, 7) is 4.54. The maximum atomic E-state index is 12.2. The molecule has 0 atom stereocenters. The quantitative estimate of drug-likeness (QED) is 0.800. The normalized spacial score (nSPS) is 14.4. The van der Waals surface area contributed by atoms with Gasteiger partial charge in [-0.05, 0) is 18.6 Å². The van der Waals surface area contributed by atoms with Crippen LogP contribution in [0.5, 0.6) is 0 Å². The first kappa shape index (κ1) is 14.5. The Morgan fingerprint density at radius 3 is 2.55 bits per heavy atom. The zero-order chi connectivity index (χ0) is 14.4. The van der Waals surface area contributed by atoms with Gasteiger partial charge in [-0.15, -0.1) is 0 Å². The number of nitrogens with one attached hydrogen (secondary N) is 2. The maximum Gasteiger partial charge on any atom is 0.251 e. The number of hydrogen-bond acceptors (Lipinski definition) is 3. The molecule has 0 aliphatic carbocycles. The zero-order valence-corrected chi connectivity index (χ0v) is 11.8. The minimum atomic E-state index is -0.206. The summed E-state index contributed by atoms with van der Waals surface area (Å²) in [5.74, 6) is -0.218. The van der Waals surface area contributed by atoms with E-state index >= 15 is 0 Å². The number of carbonyl (C=O) groups excluding carboxylic acids is 2. The molecule has 1 fully saturated rings. The van der Waals surface area contributed by atoms with Crippen molar-refractivity contribution < 1.29 is 9.59 Å². The summed E-state index contributed by atoms with van der Waals surface area (Å²) >= 11 is 0. The van der Waals surface area contributed by atoms with E-state index in [9.17, 15) is 9.59 Å². The molecular weight excluding hydrogens is 254 g/mol. The van der Waals surface area contributed by atoms with Gasteiger partial charge < -0.3 is 15.5 Å². The Morgan fingerprint density at radius 2 is 2.00 bits per heavy atom. The molecular formula is C15H21N3O2. The largest absolute Gasteiger partial charge is 0.343 e. The molecule has 20 heavy (non-hydrogen) atoms. The third kappa shape index (κ3) is 3.57. The fourth-order valence-electron chi connectivity index (χ4n) is 2.19. The van der Waals surface area contributed by atoms with E-state index < -0.39 is 0 Å². The van der Waals surface area contributed by atoms with Gasteiger partial charge in [-0.2, -0.15) is 0 Å². The number of nitrogens with zero attached hydrogens (tertiary/aromatic N) is 1. The average Bonchev–Trinajstić information content (AvgIpc) is 2.43. The van der Waals surface area contributed by atoms with E-state index in [-0.39, 0.29) is 24.4 Å². The van der Waals surface area contributed by atoms with Crippen LogP contribution in [0, 0.1) is 0 Å². The van der Waals surface area contributed by atoms with Crippen LogP contribution in [-0.4, -0.2) is 48.9 Å². The van der Waals surface area contributed by atoms with Crippen LogP contribution in [0.4, 0.5) is 0 Å². The molecule has 0 spiro atoms. The minimum absolute atomic E-state index is 0.0115. The van der Waals surface area contributed by atoms with E-state index in [1.165, 1.54) is 0 Å². The number of carbonyl (C=O) groups is 2. The van der Waals surface area contributed by atoms with Crippen molar-refractivity contribution in [3.8, 4) is 0 Å². The monoisotopic (exact) mass is 275 g/mol. The van der Waals surface area contributed by atoms with Crippen molar-refractivity contribution in [2.45, 2.75) is 19.4 Å². The predicted octanol–water partition coefficient (Wildman–Crippen LogP) is 0.627. The number of benzene rings is 1. The Hall–Kier alpha value is -1.88. The Kier molecular flexibility index (Phi) is 5.12. The first-order valence-corrected chi connectivity index (χ1v) is 7.05. The van der Waals surface area contributed by atoms with Crippen molar-refractivity contribution in [2.24, 2.45) is 0 Å². The van der Waals surface area contributed by atoms with Crippen molar-refractivity contribution in [3.05, 3.63) is 35.9 Å². The topological polar surface area (TPSA) is 61.4 Å². The first-order chi connectivity index (χ1) is 9.72. The second-order valence-corrected chi connectivity index (χ2v) is 4.95. The van der Waals surface area contributed by atoms with Gasteiger partial charge in [0.2, 0.25) is 5.91 Å². The molecule has 108 valence electrons. The second-order valence-electron chi connectivity index (χ2n) is 4.95. The summed E-state index contributed by atoms with van der Waals surface area (Å²) in [7, 11) is 0. The molecule has 1 aromatic rings. The molecule has 1 heterocycles. The molecule has 2 rings (SSSR count). The van der Waals surface area contributed by atoms with Gasteiger partial charge in [0.25, 0.3) is 5.91 Å². The smallest absolute Gasteiger partial charge is 0.251 e. The van der Waals surface area contributed by atoms with E-state index in [0.717, 1.165) is 26.1 Å². The SMILES string of the molecule is CCCN(C(=O)CNC(=O)c1ccccc1)C1CNC1. The molecule has 1 saturated heterocycles. The lowest BCUT2D eigenvalue weighted by Gasteiger charge is -2.38. The standard InChI is InChI=1S/C15H21N3O2/c1-2-8-18(13-9-16-10-13)14(19)11-17-15(20)12-6-4-3-5-7-12/h3-7,13,16H,2,8-11H2,1H3,(H,17,20). The Bertz CT molecular complexity index is 457. The fraction of sp³-hybridized carbons (Fsp3) is 0.467. The minimum Gasteiger partial charge on any atom is -0.343 e. The van der Waals surface area contributed by atoms with Crippen LogP contribution in [0.25, 0.3) is 0 Å². The van der Waals surface area contributed by atoms with Gasteiger partial charge in [-0.1, -0.05) is 25.1 Å². The van der Waals surface area contributed by atoms with Crippen molar-refractivity contribution >= 4 is 11.8 Å². The summed E-state index contributed by atoms with van der Waals surface area (Å²) < 4.78 is 0. The van der Waals surface area contributed by atoms with Crippen molar-refractivity contribution in [1.29, 1.82) is 0 Å². The Labute approximate surface area is 119 Å². The number of amides is 2. The van der Waals surface area contributed by atoms with Gasteiger partial charge in [0.05, 0.1) is 12.6 Å². The maximum absolute atomic E-state index is 12.2. The summed E-state index contributed by atoms with van der Waals surface area (Å²) in [6, 6.07) is 9.21. The molecule has 0 unspecified atom stereocenters. The van der Waals surface area contributed by atoms with Crippen LogP contribution in [-0.2, 0) is 4.79 Å². The van der Waals surface area contributed by atoms with Crippen LogP contribution in [0.2, 0.25) is 0 Å². The van der Waals surface area contributed by atoms with Gasteiger partial charge in [-0.25, -0.2) is 0 Å². The molecule has 1 aromatic carbocycles. The lowest BCUT2D eigenvalue weighted by Crippen LogP contribution is -2.60. The van der Waals surface area contributed by atoms with Gasteiger partial charge in [0.15, 0.2) is 0 Å². The second kappa shape index (κ2) is 7.05. The molecule has 5 heteroatoms. The Balaban J connectivity index is 1.85. The molecule has 0 radical (unpaired) electrons. The van der Waals surface area contributed by atoms with E-state index in [1.54, 1.807) is 24.3 Å². The van der Waals surface area contributed by atoms with Crippen molar-refractivity contribution in [3.63, 3.8) is 0 Å². The third-order valence-electron chi connectivity index (χ3n) is 3.42. The van der Waals surface area contributed by atoms with Gasteiger partial charge in [-0.3, -0.25) is 9.59 Å². The van der Waals surface area contributed by atoms with Crippen LogP contribution < -0.4 is 10.6 Å². The highest BCUT2D eigenvalue weighted by molar-refractivity contribution is 5.96. The van der Waals surface area contributed by atoms with Crippen molar-refractivity contribution in [1.82, 2.24) is 15.5 Å². The lowest BCUT2D eigenvalue weighted by molar-refractivity contribution is -0.133. The highest BCUT2D eigenvalue weighted by Crippen LogP contribution is 2.06. The van der Waals surface area contributed by atoms with E-state index in [2.05, 4.69) is 17.6 Å². The van der Waals surface area contributed by atoms with Gasteiger partial charge >= 0.3 is 0 Å². The van der Waals surface area contributed by atoms with Gasteiger partial charge in [0, 0.05) is 25.2 Å². The summed E-state index contributed by atoms with van der Waals surface area (Å²) in [5, 5.41) is 5.85. The van der Waals surface area contributed by atoms with E-state index in [1.807, 2.05) is 11.0 Å². The van der Waals surface area contributed by atoms with Crippen LogP contribution in [0.15, 0.2) is 30.3 Å². The summed E-state index contributed by atoms with van der Waals surface area (Å²) in [4.78, 5) is 25.9. The fourth-order valence-corrected chi connectivity index (χ4v) is 2.19. The van der Waals surface area contributed by atoms with Crippen LogP contribution in [0.3, 0.4) is 0 Å². The molecule has 2 N–H and O–H groups in total. The molecule has 0 bridgehead atoms. The van der Waals surface area contributed by atoms with Gasteiger partial charge in [0.1, 0.15) is 0 Å². The first-order valence-electron chi connectivity index (χ1n) is 7.05. The molecule has 0 aromatic heterocycles. The molecule has 5 nitrogen and oxygen atoms in total. The zero-order valence-electron chi connectivity index (χ0n) is 11.8. The number of rotatable bonds is 6. The summed E-state index contributed by atoms with van der Waals surface area (Å²) in [5.41, 5.74) is 0.577. The molecule has 1 aliphatic heterocycles. The van der Waals surface area contributed by atoms with Crippen LogP contribution >= 0.6 is 0 Å². The molecule has 1 aliphatic rings. The van der Waals surface area contributed by atoms with E-state index in [4.69, 9.17) is 0 Å². The highest BCUT2D eigenvalue weighted by atomic mass is 16.2.